The van der Waals surface area contributed by atoms with Crippen LogP contribution >= 0.6 is 0 Å². The molecule has 0 radical (unpaired) electrons. The van der Waals surface area contributed by atoms with Crippen molar-refractivity contribution >= 4 is 0 Å². The largest absolute Gasteiger partial charge is 0.328 e. The number of fused-ring (bicyclic) bond motifs is 1. The van der Waals surface area contributed by atoms with Crippen molar-refractivity contribution in [1.29, 1.82) is 0 Å². The first-order valence-electron chi connectivity index (χ1n) is 5.05. The first-order chi connectivity index (χ1) is 6.95. The third-order valence-corrected chi connectivity index (χ3v) is 2.79. The van der Waals surface area contributed by atoms with E-state index in [1.807, 2.05) is 12.3 Å². The zero-order valence-corrected chi connectivity index (χ0v) is 7.98. The third-order valence-electron chi connectivity index (χ3n) is 2.79. The average molecular weight is 184 g/mol. The highest BCUT2D eigenvalue weighted by atomic mass is 15.1. The highest BCUT2D eigenvalue weighted by molar-refractivity contribution is 5.59. The lowest BCUT2D eigenvalue weighted by molar-refractivity contribution is 0.756. The third kappa shape index (κ3) is 1.07. The van der Waals surface area contributed by atoms with Gasteiger partial charge in [-0.15, -0.1) is 0 Å². The van der Waals surface area contributed by atoms with Crippen molar-refractivity contribution < 1.29 is 0 Å². The van der Waals surface area contributed by atoms with Crippen LogP contribution in [0.5, 0.6) is 0 Å². The van der Waals surface area contributed by atoms with Crippen molar-refractivity contribution in [2.75, 3.05) is 0 Å². The van der Waals surface area contributed by atoms with Crippen molar-refractivity contribution in [3.8, 4) is 11.3 Å². The summed E-state index contributed by atoms with van der Waals surface area (Å²) in [6.07, 6.45) is 4.36. The molecule has 2 heteroatoms. The summed E-state index contributed by atoms with van der Waals surface area (Å²) in [5, 5.41) is 0. The molecule has 2 heterocycles. The van der Waals surface area contributed by atoms with E-state index in [0.717, 1.165) is 13.0 Å². The number of aromatic nitrogens is 2. The Labute approximate surface area is 83.2 Å². The molecule has 0 N–H and O–H groups in total. The standard InChI is InChI=1S/C12H12N2/c1-2-5-10(6-3-1)11-9-13-12-7-4-8-14(11)12/h1-3,5-6,9H,4,7-8H2. The van der Waals surface area contributed by atoms with Crippen LogP contribution in [0.2, 0.25) is 0 Å². The van der Waals surface area contributed by atoms with E-state index in [0.29, 0.717) is 0 Å². The summed E-state index contributed by atoms with van der Waals surface area (Å²) in [7, 11) is 0. The van der Waals surface area contributed by atoms with Crippen LogP contribution in [0.4, 0.5) is 0 Å². The molecule has 1 aromatic carbocycles. The van der Waals surface area contributed by atoms with E-state index in [1.165, 1.54) is 23.5 Å². The minimum atomic E-state index is 1.12. The van der Waals surface area contributed by atoms with E-state index in [-0.39, 0.29) is 0 Å². The Morgan fingerprint density at radius 1 is 1.14 bits per heavy atom. The van der Waals surface area contributed by atoms with Gasteiger partial charge in [0.05, 0.1) is 11.9 Å². The summed E-state index contributed by atoms with van der Waals surface area (Å²) >= 11 is 0. The summed E-state index contributed by atoms with van der Waals surface area (Å²) in [6.45, 7) is 1.12. The topological polar surface area (TPSA) is 17.8 Å². The Hall–Kier alpha value is -1.57. The predicted octanol–water partition coefficient (Wildman–Crippen LogP) is 2.50. The highest BCUT2D eigenvalue weighted by Gasteiger charge is 2.15. The molecule has 0 fully saturated rings. The normalized spacial score (nSPS) is 14.3. The SMILES string of the molecule is c1ccc(-c2cnc3n2CCC3)cc1. The molecule has 1 aromatic heterocycles. The van der Waals surface area contributed by atoms with E-state index in [1.54, 1.807) is 0 Å². The number of hydrogen-bond acceptors (Lipinski definition) is 1. The van der Waals surface area contributed by atoms with Crippen molar-refractivity contribution in [1.82, 2.24) is 9.55 Å². The number of benzene rings is 1. The molecule has 0 bridgehead atoms. The van der Waals surface area contributed by atoms with Gasteiger partial charge in [0.15, 0.2) is 0 Å². The Balaban J connectivity index is 2.13. The summed E-state index contributed by atoms with van der Waals surface area (Å²) in [5.41, 5.74) is 2.53. The zero-order chi connectivity index (χ0) is 9.38. The Bertz CT molecular complexity index is 443. The minimum Gasteiger partial charge on any atom is -0.328 e. The van der Waals surface area contributed by atoms with Crippen molar-refractivity contribution in [3.05, 3.63) is 42.4 Å². The average Bonchev–Trinajstić information content (AvgIpc) is 2.79. The fraction of sp³-hybridized carbons (Fsp3) is 0.250. The molecule has 3 rings (SSSR count). The molecular weight excluding hydrogens is 172 g/mol. The second-order valence-corrected chi connectivity index (χ2v) is 3.68. The molecule has 0 spiro atoms. The van der Waals surface area contributed by atoms with Gasteiger partial charge in [0, 0.05) is 13.0 Å². The van der Waals surface area contributed by atoms with Gasteiger partial charge >= 0.3 is 0 Å². The molecule has 0 atom stereocenters. The first-order valence-corrected chi connectivity index (χ1v) is 5.05. The van der Waals surface area contributed by atoms with E-state index in [2.05, 4.69) is 33.8 Å². The number of rotatable bonds is 1. The van der Waals surface area contributed by atoms with E-state index < -0.39 is 0 Å². The summed E-state index contributed by atoms with van der Waals surface area (Å²) < 4.78 is 2.33. The van der Waals surface area contributed by atoms with E-state index >= 15 is 0 Å². The minimum absolute atomic E-state index is 1.12. The van der Waals surface area contributed by atoms with Crippen LogP contribution in [0.25, 0.3) is 11.3 Å². The molecule has 0 saturated heterocycles. The van der Waals surface area contributed by atoms with Gasteiger partial charge in [-0.25, -0.2) is 4.98 Å². The molecule has 1 aliphatic heterocycles. The van der Waals surface area contributed by atoms with E-state index in [9.17, 15) is 0 Å². The fourth-order valence-electron chi connectivity index (χ4n) is 2.10. The lowest BCUT2D eigenvalue weighted by Gasteiger charge is -2.03. The number of hydrogen-bond donors (Lipinski definition) is 0. The van der Waals surface area contributed by atoms with Crippen LogP contribution < -0.4 is 0 Å². The fourth-order valence-corrected chi connectivity index (χ4v) is 2.10. The maximum Gasteiger partial charge on any atom is 0.109 e. The number of aryl methyl sites for hydroxylation is 1. The quantitative estimate of drug-likeness (QED) is 0.665. The number of imidazole rings is 1. The second kappa shape index (κ2) is 2.98. The zero-order valence-electron chi connectivity index (χ0n) is 7.98. The van der Waals surface area contributed by atoms with Crippen molar-refractivity contribution in [3.63, 3.8) is 0 Å². The molecule has 0 saturated carbocycles. The summed E-state index contributed by atoms with van der Waals surface area (Å²) in [5.74, 6) is 1.24. The van der Waals surface area contributed by atoms with Gasteiger partial charge in [-0.1, -0.05) is 30.3 Å². The second-order valence-electron chi connectivity index (χ2n) is 3.68. The molecule has 70 valence electrons. The monoisotopic (exact) mass is 184 g/mol. The Kier molecular flexibility index (Phi) is 1.66. The molecule has 0 aliphatic carbocycles. The van der Waals surface area contributed by atoms with Crippen LogP contribution in [0.3, 0.4) is 0 Å². The maximum atomic E-state index is 4.44. The lowest BCUT2D eigenvalue weighted by atomic mass is 10.2. The molecule has 1 aliphatic rings. The lowest BCUT2D eigenvalue weighted by Crippen LogP contribution is -1.94. The summed E-state index contributed by atoms with van der Waals surface area (Å²) in [4.78, 5) is 4.44. The van der Waals surface area contributed by atoms with Gasteiger partial charge < -0.3 is 4.57 Å². The van der Waals surface area contributed by atoms with E-state index in [4.69, 9.17) is 0 Å². The van der Waals surface area contributed by atoms with Crippen LogP contribution in [-0.4, -0.2) is 9.55 Å². The maximum absolute atomic E-state index is 4.44. The molecular formula is C12H12N2. The molecule has 0 amide bonds. The first kappa shape index (κ1) is 7.80. The van der Waals surface area contributed by atoms with Crippen LogP contribution in [0.1, 0.15) is 12.2 Å². The highest BCUT2D eigenvalue weighted by Crippen LogP contribution is 2.24. The smallest absolute Gasteiger partial charge is 0.109 e. The van der Waals surface area contributed by atoms with Crippen molar-refractivity contribution in [2.24, 2.45) is 0 Å². The van der Waals surface area contributed by atoms with Gasteiger partial charge in [-0.2, -0.15) is 0 Å². The van der Waals surface area contributed by atoms with Gasteiger partial charge in [0.25, 0.3) is 0 Å². The van der Waals surface area contributed by atoms with Crippen LogP contribution in [-0.2, 0) is 13.0 Å². The molecule has 2 nitrogen and oxygen atoms in total. The summed E-state index contributed by atoms with van der Waals surface area (Å²) in [6, 6.07) is 10.5. The van der Waals surface area contributed by atoms with Crippen LogP contribution in [0, 0.1) is 0 Å². The predicted molar refractivity (Wildman–Crippen MR) is 56.0 cm³/mol. The van der Waals surface area contributed by atoms with Gasteiger partial charge in [0.2, 0.25) is 0 Å². The van der Waals surface area contributed by atoms with Gasteiger partial charge in [-0.3, -0.25) is 0 Å². The van der Waals surface area contributed by atoms with Crippen molar-refractivity contribution in [2.45, 2.75) is 19.4 Å². The molecule has 2 aromatic rings. The van der Waals surface area contributed by atoms with Gasteiger partial charge in [-0.05, 0) is 12.0 Å². The Morgan fingerprint density at radius 2 is 2.00 bits per heavy atom. The molecule has 0 unspecified atom stereocenters. The number of nitrogens with zero attached hydrogens (tertiary/aromatic N) is 2. The molecule has 14 heavy (non-hydrogen) atoms. The van der Waals surface area contributed by atoms with Gasteiger partial charge in [0.1, 0.15) is 5.82 Å². The Morgan fingerprint density at radius 3 is 2.86 bits per heavy atom. The van der Waals surface area contributed by atoms with Crippen LogP contribution in [0.15, 0.2) is 36.5 Å².